The van der Waals surface area contributed by atoms with E-state index in [4.69, 9.17) is 9.94 Å². The second kappa shape index (κ2) is 5.36. The van der Waals surface area contributed by atoms with E-state index in [0.29, 0.717) is 12.3 Å². The van der Waals surface area contributed by atoms with Crippen LogP contribution in [-0.4, -0.2) is 43.6 Å². The summed E-state index contributed by atoms with van der Waals surface area (Å²) in [7, 11) is 5.46. The van der Waals surface area contributed by atoms with E-state index in [1.807, 2.05) is 43.3 Å². The summed E-state index contributed by atoms with van der Waals surface area (Å²) in [5.74, 6) is 0.757. The predicted octanol–water partition coefficient (Wildman–Crippen LogP) is 1.44. The third-order valence-electron chi connectivity index (χ3n) is 1.99. The standard InChI is InChI=1S/C11H16N2O2/c1-13(2)8-11(12-14)9-5-4-6-10(7-9)15-3/h4-7,14H,8H2,1-3H3/b12-11+. The van der Waals surface area contributed by atoms with E-state index < -0.39 is 0 Å². The number of ether oxygens (including phenoxy) is 1. The van der Waals surface area contributed by atoms with E-state index in [-0.39, 0.29) is 0 Å². The zero-order valence-electron chi connectivity index (χ0n) is 9.27. The first-order valence-electron chi connectivity index (χ1n) is 4.67. The van der Waals surface area contributed by atoms with Gasteiger partial charge in [0.1, 0.15) is 11.5 Å². The highest BCUT2D eigenvalue weighted by Crippen LogP contribution is 2.13. The van der Waals surface area contributed by atoms with Crippen LogP contribution in [0.4, 0.5) is 0 Å². The van der Waals surface area contributed by atoms with E-state index in [1.54, 1.807) is 7.11 Å². The van der Waals surface area contributed by atoms with Crippen molar-refractivity contribution in [3.05, 3.63) is 29.8 Å². The maximum absolute atomic E-state index is 8.91. The Kier molecular flexibility index (Phi) is 4.12. The molecule has 0 atom stereocenters. The lowest BCUT2D eigenvalue weighted by molar-refractivity contribution is 0.315. The van der Waals surface area contributed by atoms with Crippen molar-refractivity contribution < 1.29 is 9.94 Å². The van der Waals surface area contributed by atoms with Gasteiger partial charge in [0.15, 0.2) is 0 Å². The molecule has 1 rings (SSSR count). The number of methoxy groups -OCH3 is 1. The summed E-state index contributed by atoms with van der Waals surface area (Å²) >= 11 is 0. The summed E-state index contributed by atoms with van der Waals surface area (Å²) in [6.45, 7) is 0.587. The molecule has 0 saturated carbocycles. The number of hydrogen-bond acceptors (Lipinski definition) is 4. The molecule has 82 valence electrons. The molecule has 0 spiro atoms. The van der Waals surface area contributed by atoms with Gasteiger partial charge >= 0.3 is 0 Å². The fourth-order valence-electron chi connectivity index (χ4n) is 1.28. The molecule has 0 bridgehead atoms. The van der Waals surface area contributed by atoms with Crippen LogP contribution in [0.3, 0.4) is 0 Å². The van der Waals surface area contributed by atoms with Crippen molar-refractivity contribution in [2.24, 2.45) is 5.16 Å². The molecule has 0 aliphatic carbocycles. The second-order valence-corrected chi connectivity index (χ2v) is 3.52. The molecular formula is C11H16N2O2. The van der Waals surface area contributed by atoms with Gasteiger partial charge in [-0.3, -0.25) is 0 Å². The molecule has 0 aliphatic rings. The summed E-state index contributed by atoms with van der Waals surface area (Å²) in [5.41, 5.74) is 1.49. The van der Waals surface area contributed by atoms with Crippen molar-refractivity contribution in [2.75, 3.05) is 27.7 Å². The lowest BCUT2D eigenvalue weighted by Crippen LogP contribution is -2.22. The SMILES string of the molecule is COc1cccc(/C(CN(C)C)=N/O)c1. The van der Waals surface area contributed by atoms with Gasteiger partial charge in [-0.1, -0.05) is 17.3 Å². The molecule has 0 fully saturated rings. The lowest BCUT2D eigenvalue weighted by atomic mass is 10.1. The van der Waals surface area contributed by atoms with E-state index in [2.05, 4.69) is 5.16 Å². The Morgan fingerprint density at radius 2 is 2.20 bits per heavy atom. The van der Waals surface area contributed by atoms with Crippen molar-refractivity contribution >= 4 is 5.71 Å². The minimum absolute atomic E-state index is 0.587. The third kappa shape index (κ3) is 3.25. The molecule has 1 aromatic rings. The van der Waals surface area contributed by atoms with Crippen LogP contribution in [0.2, 0.25) is 0 Å². The van der Waals surface area contributed by atoms with Crippen LogP contribution in [0.15, 0.2) is 29.4 Å². The van der Waals surface area contributed by atoms with Crippen molar-refractivity contribution in [2.45, 2.75) is 0 Å². The molecule has 4 heteroatoms. The van der Waals surface area contributed by atoms with Crippen LogP contribution in [0.5, 0.6) is 5.75 Å². The highest BCUT2D eigenvalue weighted by molar-refractivity contribution is 6.01. The van der Waals surface area contributed by atoms with Gasteiger partial charge in [0.05, 0.1) is 7.11 Å². The van der Waals surface area contributed by atoms with Gasteiger partial charge in [-0.15, -0.1) is 0 Å². The molecule has 0 aromatic heterocycles. The summed E-state index contributed by atoms with van der Waals surface area (Å²) in [4.78, 5) is 1.94. The van der Waals surface area contributed by atoms with Crippen molar-refractivity contribution in [3.8, 4) is 5.75 Å². The molecule has 15 heavy (non-hydrogen) atoms. The minimum Gasteiger partial charge on any atom is -0.497 e. The molecule has 0 aliphatic heterocycles. The van der Waals surface area contributed by atoms with Gasteiger partial charge in [0.25, 0.3) is 0 Å². The maximum atomic E-state index is 8.91. The minimum atomic E-state index is 0.587. The van der Waals surface area contributed by atoms with Crippen LogP contribution >= 0.6 is 0 Å². The first kappa shape index (κ1) is 11.5. The van der Waals surface area contributed by atoms with E-state index in [1.165, 1.54) is 0 Å². The van der Waals surface area contributed by atoms with Crippen molar-refractivity contribution in [1.29, 1.82) is 0 Å². The molecule has 1 aromatic carbocycles. The van der Waals surface area contributed by atoms with Gasteiger partial charge in [-0.05, 0) is 26.2 Å². The number of benzene rings is 1. The maximum Gasteiger partial charge on any atom is 0.119 e. The number of likely N-dealkylation sites (N-methyl/N-ethyl adjacent to an activating group) is 1. The van der Waals surface area contributed by atoms with Crippen molar-refractivity contribution in [1.82, 2.24) is 4.90 Å². The van der Waals surface area contributed by atoms with Crippen LogP contribution < -0.4 is 4.74 Å². The van der Waals surface area contributed by atoms with Crippen LogP contribution in [-0.2, 0) is 0 Å². The number of oxime groups is 1. The van der Waals surface area contributed by atoms with E-state index in [9.17, 15) is 0 Å². The summed E-state index contributed by atoms with van der Waals surface area (Å²) in [5, 5.41) is 12.2. The van der Waals surface area contributed by atoms with E-state index >= 15 is 0 Å². The Labute approximate surface area is 89.8 Å². The highest BCUT2D eigenvalue weighted by atomic mass is 16.5. The first-order valence-corrected chi connectivity index (χ1v) is 4.67. The monoisotopic (exact) mass is 208 g/mol. The van der Waals surface area contributed by atoms with Gasteiger partial charge in [0.2, 0.25) is 0 Å². The highest BCUT2D eigenvalue weighted by Gasteiger charge is 2.06. The number of rotatable bonds is 4. The average Bonchev–Trinajstić information content (AvgIpc) is 2.25. The van der Waals surface area contributed by atoms with Crippen molar-refractivity contribution in [3.63, 3.8) is 0 Å². The summed E-state index contributed by atoms with van der Waals surface area (Å²) in [6, 6.07) is 7.46. The first-order chi connectivity index (χ1) is 7.17. The number of hydrogen-bond donors (Lipinski definition) is 1. The normalized spacial score (nSPS) is 11.9. The lowest BCUT2D eigenvalue weighted by Gasteiger charge is -2.11. The van der Waals surface area contributed by atoms with Gasteiger partial charge in [-0.25, -0.2) is 0 Å². The fraction of sp³-hybridized carbons (Fsp3) is 0.364. The molecule has 0 unspecified atom stereocenters. The van der Waals surface area contributed by atoms with Gasteiger partial charge in [0, 0.05) is 12.1 Å². The van der Waals surface area contributed by atoms with Crippen LogP contribution in [0.25, 0.3) is 0 Å². The Balaban J connectivity index is 2.92. The topological polar surface area (TPSA) is 45.1 Å². The molecule has 0 radical (unpaired) electrons. The smallest absolute Gasteiger partial charge is 0.119 e. The van der Waals surface area contributed by atoms with E-state index in [0.717, 1.165) is 11.3 Å². The zero-order chi connectivity index (χ0) is 11.3. The van der Waals surface area contributed by atoms with Crippen LogP contribution in [0, 0.1) is 0 Å². The Hall–Kier alpha value is -1.55. The Morgan fingerprint density at radius 1 is 1.47 bits per heavy atom. The molecule has 1 N–H and O–H groups in total. The molecule has 0 heterocycles. The summed E-state index contributed by atoms with van der Waals surface area (Å²) < 4.78 is 5.10. The molecule has 0 saturated heterocycles. The third-order valence-corrected chi connectivity index (χ3v) is 1.99. The quantitative estimate of drug-likeness (QED) is 0.462. The second-order valence-electron chi connectivity index (χ2n) is 3.52. The summed E-state index contributed by atoms with van der Waals surface area (Å²) in [6.07, 6.45) is 0. The fourth-order valence-corrected chi connectivity index (χ4v) is 1.28. The van der Waals surface area contributed by atoms with Crippen LogP contribution in [0.1, 0.15) is 5.56 Å². The zero-order valence-corrected chi connectivity index (χ0v) is 9.27. The Morgan fingerprint density at radius 3 is 2.73 bits per heavy atom. The molecule has 0 amide bonds. The largest absolute Gasteiger partial charge is 0.497 e. The molecule has 4 nitrogen and oxygen atoms in total. The van der Waals surface area contributed by atoms with Gasteiger partial charge < -0.3 is 14.8 Å². The predicted molar refractivity (Wildman–Crippen MR) is 59.9 cm³/mol. The Bertz CT molecular complexity index is 348. The number of nitrogens with zero attached hydrogens (tertiary/aromatic N) is 2. The molecular weight excluding hydrogens is 192 g/mol. The average molecular weight is 208 g/mol. The van der Waals surface area contributed by atoms with Gasteiger partial charge in [-0.2, -0.15) is 0 Å².